The number of fused-ring (bicyclic) bond motifs is 2. The number of para-hydroxylation sites is 2. The zero-order chi connectivity index (χ0) is 34.5. The Morgan fingerprint density at radius 2 is 1.73 bits per heavy atom. The van der Waals surface area contributed by atoms with Crippen LogP contribution in [0.4, 0.5) is 17.1 Å². The summed E-state index contributed by atoms with van der Waals surface area (Å²) in [6.07, 6.45) is 3.38. The fraction of sp³-hybridized carbons (Fsp3) is 0.256. The molecule has 0 unspecified atom stereocenters. The molecule has 10 nitrogen and oxygen atoms in total. The van der Waals surface area contributed by atoms with Crippen LogP contribution >= 0.6 is 0 Å². The number of ether oxygens (including phenoxy) is 2. The van der Waals surface area contributed by atoms with Gasteiger partial charge in [0, 0.05) is 36.7 Å². The van der Waals surface area contributed by atoms with Gasteiger partial charge in [-0.05, 0) is 53.6 Å². The summed E-state index contributed by atoms with van der Waals surface area (Å²) in [5.74, 6) is -0.516. The fourth-order valence-electron chi connectivity index (χ4n) is 6.43. The van der Waals surface area contributed by atoms with Crippen molar-refractivity contribution in [3.05, 3.63) is 126 Å². The summed E-state index contributed by atoms with van der Waals surface area (Å²) in [5, 5.41) is 21.8. The largest absolute Gasteiger partial charge is 0.497 e. The van der Waals surface area contributed by atoms with E-state index in [9.17, 15) is 24.6 Å². The Labute approximate surface area is 285 Å². The third kappa shape index (κ3) is 6.65. The summed E-state index contributed by atoms with van der Waals surface area (Å²) < 4.78 is 11.1. The van der Waals surface area contributed by atoms with E-state index < -0.39 is 17.4 Å². The summed E-state index contributed by atoms with van der Waals surface area (Å²) in [6, 6.07) is 29.4. The average Bonchev–Trinajstić information content (AvgIpc) is 3.33. The number of aliphatic hydroxyl groups is 2. The molecule has 0 spiro atoms. The van der Waals surface area contributed by atoms with Crippen molar-refractivity contribution < 1.29 is 34.1 Å². The van der Waals surface area contributed by atoms with Gasteiger partial charge in [-0.1, -0.05) is 73.7 Å². The van der Waals surface area contributed by atoms with Crippen LogP contribution in [0.1, 0.15) is 30.0 Å². The van der Waals surface area contributed by atoms with E-state index in [1.165, 1.54) is 7.11 Å². The number of nitrogens with zero attached hydrogens (tertiary/aromatic N) is 3. The molecule has 0 radical (unpaired) electrons. The van der Waals surface area contributed by atoms with Crippen LogP contribution in [0.3, 0.4) is 0 Å². The number of hydrogen-bond acceptors (Lipinski definition) is 7. The summed E-state index contributed by atoms with van der Waals surface area (Å²) in [5.41, 5.74) is 1.99. The van der Waals surface area contributed by atoms with Crippen LogP contribution < -0.4 is 19.3 Å². The van der Waals surface area contributed by atoms with Crippen molar-refractivity contribution in [1.82, 2.24) is 4.90 Å². The molecule has 252 valence electrons. The van der Waals surface area contributed by atoms with Crippen LogP contribution in [0, 0.1) is 5.92 Å². The quantitative estimate of drug-likeness (QED) is 0.203. The molecule has 2 heterocycles. The van der Waals surface area contributed by atoms with E-state index in [0.717, 1.165) is 11.1 Å². The molecule has 2 aliphatic heterocycles. The molecule has 2 aliphatic rings. The minimum atomic E-state index is -1.94. The lowest BCUT2D eigenvalue weighted by Crippen LogP contribution is -2.44. The molecular formula is C39H39N3O7. The minimum absolute atomic E-state index is 0.0340. The van der Waals surface area contributed by atoms with Gasteiger partial charge in [0.1, 0.15) is 11.5 Å². The molecule has 0 fully saturated rings. The maximum absolute atomic E-state index is 14.2. The molecule has 0 saturated carbocycles. The lowest BCUT2D eigenvalue weighted by atomic mass is 9.83. The lowest BCUT2D eigenvalue weighted by molar-refractivity contribution is -0.139. The molecule has 49 heavy (non-hydrogen) atoms. The Bertz CT molecular complexity index is 1880. The second kappa shape index (κ2) is 14.3. The number of rotatable bonds is 12. The predicted molar refractivity (Wildman–Crippen MR) is 185 cm³/mol. The Morgan fingerprint density at radius 1 is 0.980 bits per heavy atom. The highest BCUT2D eigenvalue weighted by Gasteiger charge is 2.52. The van der Waals surface area contributed by atoms with Crippen LogP contribution in [0.2, 0.25) is 0 Å². The topological polar surface area (TPSA) is 120 Å². The van der Waals surface area contributed by atoms with Crippen molar-refractivity contribution in [2.45, 2.75) is 32.0 Å². The first-order valence-corrected chi connectivity index (χ1v) is 16.2. The highest BCUT2D eigenvalue weighted by Crippen LogP contribution is 2.47. The van der Waals surface area contributed by atoms with Gasteiger partial charge in [-0.2, -0.15) is 0 Å². The van der Waals surface area contributed by atoms with Crippen LogP contribution in [0.25, 0.3) is 0 Å². The molecule has 4 aromatic carbocycles. The summed E-state index contributed by atoms with van der Waals surface area (Å²) >= 11 is 0. The highest BCUT2D eigenvalue weighted by molar-refractivity contribution is 6.07. The Morgan fingerprint density at radius 3 is 2.51 bits per heavy atom. The number of aliphatic hydroxyl groups excluding tert-OH is 1. The molecule has 4 aromatic rings. The number of methoxy groups -OCH3 is 1. The van der Waals surface area contributed by atoms with Gasteiger partial charge in [-0.15, -0.1) is 0 Å². The summed E-state index contributed by atoms with van der Waals surface area (Å²) in [6.45, 7) is 2.18. The maximum atomic E-state index is 14.2. The van der Waals surface area contributed by atoms with Gasteiger partial charge >= 0.3 is 0 Å². The van der Waals surface area contributed by atoms with E-state index in [4.69, 9.17) is 9.47 Å². The van der Waals surface area contributed by atoms with Gasteiger partial charge in [-0.25, -0.2) is 0 Å². The van der Waals surface area contributed by atoms with E-state index in [1.54, 1.807) is 52.0 Å². The zero-order valence-corrected chi connectivity index (χ0v) is 27.5. The number of benzene rings is 4. The Hall–Kier alpha value is -5.45. The van der Waals surface area contributed by atoms with Crippen LogP contribution in [0.5, 0.6) is 11.5 Å². The number of anilines is 3. The first-order chi connectivity index (χ1) is 23.7. The van der Waals surface area contributed by atoms with Crippen LogP contribution in [0.15, 0.2) is 109 Å². The minimum Gasteiger partial charge on any atom is -0.497 e. The van der Waals surface area contributed by atoms with Gasteiger partial charge in [0.2, 0.25) is 5.91 Å². The highest BCUT2D eigenvalue weighted by atomic mass is 16.5. The molecule has 2 N–H and O–H groups in total. The van der Waals surface area contributed by atoms with Crippen molar-refractivity contribution in [1.29, 1.82) is 0 Å². The van der Waals surface area contributed by atoms with Crippen LogP contribution in [-0.4, -0.2) is 59.7 Å². The van der Waals surface area contributed by atoms with Gasteiger partial charge in [0.15, 0.2) is 12.2 Å². The van der Waals surface area contributed by atoms with Gasteiger partial charge in [0.25, 0.3) is 11.8 Å². The second-order valence-corrected chi connectivity index (χ2v) is 12.1. The Balaban J connectivity index is 1.24. The molecule has 0 aliphatic carbocycles. The summed E-state index contributed by atoms with van der Waals surface area (Å²) in [4.78, 5) is 45.1. The number of hydrogen-bond donors (Lipinski definition) is 2. The Kier molecular flexibility index (Phi) is 9.80. The van der Waals surface area contributed by atoms with Crippen molar-refractivity contribution in [2.75, 3.05) is 36.7 Å². The number of carbonyl (C=O) groups is 3. The van der Waals surface area contributed by atoms with Gasteiger partial charge in [0.05, 0.1) is 31.6 Å². The molecule has 3 amide bonds. The number of carbonyl (C=O) groups excluding carboxylic acids is 3. The van der Waals surface area contributed by atoms with Gasteiger partial charge < -0.3 is 29.5 Å². The van der Waals surface area contributed by atoms with Crippen LogP contribution in [-0.2, 0) is 33.1 Å². The van der Waals surface area contributed by atoms with Gasteiger partial charge in [-0.3, -0.25) is 19.3 Å². The smallest absolute Gasteiger partial charge is 0.269 e. The molecule has 0 saturated heterocycles. The van der Waals surface area contributed by atoms with E-state index in [1.807, 2.05) is 78.9 Å². The average molecular weight is 662 g/mol. The van der Waals surface area contributed by atoms with Crippen molar-refractivity contribution >= 4 is 34.8 Å². The SMILES string of the molecule is COc1ccc2c(c1)[C@@](O)([C@H](C)/C=C/CC(=O)N(CCO)Cc1ccccc1)C(=O)N2Cc1cccc(N2C(=O)COc3ccccc32)c1. The van der Waals surface area contributed by atoms with Crippen molar-refractivity contribution in [3.63, 3.8) is 0 Å². The van der Waals surface area contributed by atoms with E-state index >= 15 is 0 Å². The third-order valence-electron chi connectivity index (χ3n) is 9.01. The van der Waals surface area contributed by atoms with E-state index in [2.05, 4.69) is 0 Å². The first kappa shape index (κ1) is 33.5. The number of amides is 3. The summed E-state index contributed by atoms with van der Waals surface area (Å²) in [7, 11) is 1.52. The maximum Gasteiger partial charge on any atom is 0.269 e. The second-order valence-electron chi connectivity index (χ2n) is 12.1. The molecule has 0 aromatic heterocycles. The molecular weight excluding hydrogens is 622 g/mol. The normalized spacial score (nSPS) is 17.5. The third-order valence-corrected chi connectivity index (χ3v) is 9.01. The molecule has 10 heteroatoms. The first-order valence-electron chi connectivity index (χ1n) is 16.2. The van der Waals surface area contributed by atoms with Crippen molar-refractivity contribution in [3.8, 4) is 11.5 Å². The molecule has 2 atom stereocenters. The van der Waals surface area contributed by atoms with E-state index in [-0.39, 0.29) is 44.5 Å². The fourth-order valence-corrected chi connectivity index (χ4v) is 6.43. The van der Waals surface area contributed by atoms with Crippen molar-refractivity contribution in [2.24, 2.45) is 5.92 Å². The zero-order valence-electron chi connectivity index (χ0n) is 27.5. The predicted octanol–water partition coefficient (Wildman–Crippen LogP) is 5.09. The standard InChI is InChI=1S/C39H39N3O7/c1-27(10-8-17-36(44)40(20-21-43)24-28-11-4-3-5-12-28)39(47)32-23-31(48-2)18-19-33(32)41(38(39)46)25-29-13-9-14-30(22-29)42-34-15-6-7-16-35(34)49-26-37(42)45/h3-16,18-19,22-23,27,43,47H,17,20-21,24-26H2,1-2H3/b10-8+/t27-,39+/m1/s1. The molecule has 0 bridgehead atoms. The lowest BCUT2D eigenvalue weighted by Gasteiger charge is -2.30. The monoisotopic (exact) mass is 661 g/mol. The van der Waals surface area contributed by atoms with E-state index in [0.29, 0.717) is 40.7 Å². The molecule has 6 rings (SSSR count).